The van der Waals surface area contributed by atoms with Crippen molar-refractivity contribution in [2.24, 2.45) is 0 Å². The summed E-state index contributed by atoms with van der Waals surface area (Å²) in [6, 6.07) is 9.44. The number of hydrogen-bond donors (Lipinski definition) is 0. The van der Waals surface area contributed by atoms with Gasteiger partial charge in [0.1, 0.15) is 5.82 Å². The molecule has 0 spiro atoms. The highest BCUT2D eigenvalue weighted by atomic mass is 79.9. The number of nitrogens with zero attached hydrogens (tertiary/aromatic N) is 1. The van der Waals surface area contributed by atoms with Crippen LogP contribution in [0.4, 0.5) is 4.39 Å². The van der Waals surface area contributed by atoms with Gasteiger partial charge in [0.15, 0.2) is 0 Å². The highest BCUT2D eigenvalue weighted by Gasteiger charge is 2.17. The van der Waals surface area contributed by atoms with E-state index in [2.05, 4.69) is 15.9 Å². The number of carbonyl (C=O) groups excluding carboxylic acids is 1. The van der Waals surface area contributed by atoms with Crippen LogP contribution in [0.5, 0.6) is 0 Å². The van der Waals surface area contributed by atoms with E-state index in [0.717, 1.165) is 5.56 Å². The van der Waals surface area contributed by atoms with Crippen LogP contribution in [-0.4, -0.2) is 17.9 Å². The molecule has 0 atom stereocenters. The van der Waals surface area contributed by atoms with Crippen LogP contribution >= 0.6 is 39.1 Å². The minimum absolute atomic E-state index is 0.158. The molecule has 0 fully saturated rings. The second-order valence-corrected chi connectivity index (χ2v) is 6.21. The zero-order valence-corrected chi connectivity index (χ0v) is 14.1. The van der Waals surface area contributed by atoms with Gasteiger partial charge in [-0.2, -0.15) is 0 Å². The Labute approximate surface area is 140 Å². The van der Waals surface area contributed by atoms with Crippen LogP contribution in [0, 0.1) is 5.82 Å². The van der Waals surface area contributed by atoms with Crippen molar-refractivity contribution < 1.29 is 9.18 Å². The van der Waals surface area contributed by atoms with Gasteiger partial charge in [0.2, 0.25) is 0 Å². The summed E-state index contributed by atoms with van der Waals surface area (Å²) in [6.07, 6.45) is 0. The lowest BCUT2D eigenvalue weighted by molar-refractivity contribution is 0.0783. The molecule has 0 unspecified atom stereocenters. The van der Waals surface area contributed by atoms with Gasteiger partial charge in [0, 0.05) is 23.6 Å². The van der Waals surface area contributed by atoms with Gasteiger partial charge in [-0.1, -0.05) is 29.3 Å². The van der Waals surface area contributed by atoms with Crippen LogP contribution < -0.4 is 0 Å². The molecule has 0 bridgehead atoms. The Morgan fingerprint density at radius 1 is 1.24 bits per heavy atom. The fourth-order valence-electron chi connectivity index (χ4n) is 1.92. The molecule has 2 aromatic rings. The molecule has 0 aliphatic heterocycles. The lowest BCUT2D eigenvalue weighted by Crippen LogP contribution is -2.26. The minimum Gasteiger partial charge on any atom is -0.337 e. The Morgan fingerprint density at radius 3 is 2.48 bits per heavy atom. The molecule has 6 heteroatoms. The summed E-state index contributed by atoms with van der Waals surface area (Å²) in [5.74, 6) is -0.766. The standard InChI is InChI=1S/C15H11BrCl2FNO/c1-20(8-9-5-10(17)7-11(18)6-9)15(21)12-3-2-4-13(19)14(12)16/h2-7H,8H2,1H3. The summed E-state index contributed by atoms with van der Waals surface area (Å²) in [6.45, 7) is 0.321. The second kappa shape index (κ2) is 6.77. The molecule has 0 saturated heterocycles. The molecular formula is C15H11BrCl2FNO. The minimum atomic E-state index is -0.472. The molecule has 0 aliphatic carbocycles. The van der Waals surface area contributed by atoms with Crippen molar-refractivity contribution in [3.63, 3.8) is 0 Å². The quantitative estimate of drug-likeness (QED) is 0.708. The van der Waals surface area contributed by atoms with Crippen molar-refractivity contribution in [2.45, 2.75) is 6.54 Å². The van der Waals surface area contributed by atoms with Crippen molar-refractivity contribution in [1.82, 2.24) is 4.90 Å². The molecule has 2 aromatic carbocycles. The molecule has 21 heavy (non-hydrogen) atoms. The SMILES string of the molecule is CN(Cc1cc(Cl)cc(Cl)c1)C(=O)c1cccc(F)c1Br. The Hall–Kier alpha value is -1.10. The Kier molecular flexibility index (Phi) is 5.25. The molecule has 0 radical (unpaired) electrons. The maximum absolute atomic E-state index is 13.5. The molecule has 0 heterocycles. The van der Waals surface area contributed by atoms with E-state index < -0.39 is 5.82 Å². The number of amides is 1. The first-order valence-corrected chi connectivity index (χ1v) is 7.58. The first-order chi connectivity index (χ1) is 9.88. The average molecular weight is 391 g/mol. The smallest absolute Gasteiger partial charge is 0.255 e. The largest absolute Gasteiger partial charge is 0.337 e. The molecule has 2 rings (SSSR count). The lowest BCUT2D eigenvalue weighted by Gasteiger charge is -2.18. The number of halogens is 4. The fourth-order valence-corrected chi connectivity index (χ4v) is 2.93. The zero-order chi connectivity index (χ0) is 15.6. The first-order valence-electron chi connectivity index (χ1n) is 6.03. The molecule has 1 amide bonds. The van der Waals surface area contributed by atoms with Gasteiger partial charge in [0.05, 0.1) is 10.0 Å². The van der Waals surface area contributed by atoms with Gasteiger partial charge >= 0.3 is 0 Å². The third kappa shape index (κ3) is 3.96. The van der Waals surface area contributed by atoms with Gasteiger partial charge in [-0.15, -0.1) is 0 Å². The van der Waals surface area contributed by atoms with E-state index in [0.29, 0.717) is 16.6 Å². The topological polar surface area (TPSA) is 20.3 Å². The summed E-state index contributed by atoms with van der Waals surface area (Å²) < 4.78 is 13.6. The Bertz CT molecular complexity index is 673. The van der Waals surface area contributed by atoms with Gasteiger partial charge in [-0.05, 0) is 51.8 Å². The van der Waals surface area contributed by atoms with Crippen molar-refractivity contribution in [3.8, 4) is 0 Å². The highest BCUT2D eigenvalue weighted by Crippen LogP contribution is 2.23. The molecular weight excluding hydrogens is 380 g/mol. The van der Waals surface area contributed by atoms with Crippen molar-refractivity contribution >= 4 is 45.0 Å². The van der Waals surface area contributed by atoms with E-state index >= 15 is 0 Å². The Balaban J connectivity index is 2.21. The van der Waals surface area contributed by atoms with E-state index in [1.54, 1.807) is 31.3 Å². The molecule has 0 aliphatic rings. The zero-order valence-electron chi connectivity index (χ0n) is 11.0. The summed E-state index contributed by atoms with van der Waals surface area (Å²) in [5.41, 5.74) is 1.07. The van der Waals surface area contributed by atoms with Gasteiger partial charge in [-0.25, -0.2) is 4.39 Å². The maximum Gasteiger partial charge on any atom is 0.255 e. The fraction of sp³-hybridized carbons (Fsp3) is 0.133. The van der Waals surface area contributed by atoms with Gasteiger partial charge in [0.25, 0.3) is 5.91 Å². The molecule has 0 saturated carbocycles. The third-order valence-electron chi connectivity index (χ3n) is 2.87. The molecule has 0 aromatic heterocycles. The predicted octanol–water partition coefficient (Wildman–Crippen LogP) is 5.17. The summed E-state index contributed by atoms with van der Waals surface area (Å²) in [5, 5.41) is 1.01. The normalized spacial score (nSPS) is 10.5. The second-order valence-electron chi connectivity index (χ2n) is 4.54. The summed E-state index contributed by atoms with van der Waals surface area (Å²) in [4.78, 5) is 13.8. The number of carbonyl (C=O) groups is 1. The number of hydrogen-bond acceptors (Lipinski definition) is 1. The van der Waals surface area contributed by atoms with E-state index in [4.69, 9.17) is 23.2 Å². The monoisotopic (exact) mass is 389 g/mol. The van der Waals surface area contributed by atoms with Crippen molar-refractivity contribution in [1.29, 1.82) is 0 Å². The van der Waals surface area contributed by atoms with Crippen molar-refractivity contribution in [2.75, 3.05) is 7.05 Å². The predicted molar refractivity (Wildman–Crippen MR) is 86.4 cm³/mol. The van der Waals surface area contributed by atoms with E-state index in [1.165, 1.54) is 17.0 Å². The van der Waals surface area contributed by atoms with E-state index in [-0.39, 0.29) is 15.9 Å². The number of benzene rings is 2. The molecule has 2 nitrogen and oxygen atoms in total. The van der Waals surface area contributed by atoms with E-state index in [9.17, 15) is 9.18 Å². The highest BCUT2D eigenvalue weighted by molar-refractivity contribution is 9.10. The number of rotatable bonds is 3. The van der Waals surface area contributed by atoms with Gasteiger partial charge in [-0.3, -0.25) is 4.79 Å². The van der Waals surface area contributed by atoms with Gasteiger partial charge < -0.3 is 4.90 Å². The van der Waals surface area contributed by atoms with Crippen LogP contribution in [-0.2, 0) is 6.54 Å². The average Bonchev–Trinajstić information content (AvgIpc) is 2.40. The molecule has 0 N–H and O–H groups in total. The maximum atomic E-state index is 13.5. The lowest BCUT2D eigenvalue weighted by atomic mass is 10.1. The summed E-state index contributed by atoms with van der Waals surface area (Å²) >= 11 is 15.0. The van der Waals surface area contributed by atoms with Crippen LogP contribution in [0.1, 0.15) is 15.9 Å². The van der Waals surface area contributed by atoms with Crippen LogP contribution in [0.15, 0.2) is 40.9 Å². The van der Waals surface area contributed by atoms with Crippen molar-refractivity contribution in [3.05, 3.63) is 67.9 Å². The molecule has 110 valence electrons. The Morgan fingerprint density at radius 2 is 1.86 bits per heavy atom. The third-order valence-corrected chi connectivity index (χ3v) is 4.11. The van der Waals surface area contributed by atoms with Crippen LogP contribution in [0.3, 0.4) is 0 Å². The first kappa shape index (κ1) is 16.3. The van der Waals surface area contributed by atoms with Crippen LogP contribution in [0.2, 0.25) is 10.0 Å². The van der Waals surface area contributed by atoms with E-state index in [1.807, 2.05) is 0 Å². The summed E-state index contributed by atoms with van der Waals surface area (Å²) in [7, 11) is 1.63. The van der Waals surface area contributed by atoms with Crippen LogP contribution in [0.25, 0.3) is 0 Å².